The lowest BCUT2D eigenvalue weighted by Gasteiger charge is -2.13. The first-order chi connectivity index (χ1) is 7.88. The van der Waals surface area contributed by atoms with Crippen LogP contribution in [0.3, 0.4) is 0 Å². The number of hydrogen-bond acceptors (Lipinski definition) is 2. The molecule has 4 heteroatoms. The second-order valence-corrected chi connectivity index (χ2v) is 4.32. The molecule has 1 aromatic rings. The van der Waals surface area contributed by atoms with Crippen molar-refractivity contribution in [2.24, 2.45) is 5.73 Å². The number of nitrogens with two attached hydrogens (primary N) is 1. The van der Waals surface area contributed by atoms with Gasteiger partial charge in [-0.2, -0.15) is 5.26 Å². The van der Waals surface area contributed by atoms with Crippen LogP contribution in [-0.4, -0.2) is 10.5 Å². The maximum Gasteiger partial charge on any atom is 0.259 e. The lowest BCUT2D eigenvalue weighted by Crippen LogP contribution is -2.12. The summed E-state index contributed by atoms with van der Waals surface area (Å²) in [5.74, 6) is -0.693. The van der Waals surface area contributed by atoms with Gasteiger partial charge in [-0.15, -0.1) is 0 Å². The number of aromatic nitrogens is 1. The Bertz CT molecular complexity index is 516. The molecule has 0 aliphatic rings. The van der Waals surface area contributed by atoms with Crippen molar-refractivity contribution < 1.29 is 4.79 Å². The molecule has 0 aliphatic heterocycles. The van der Waals surface area contributed by atoms with Crippen LogP contribution in [0.4, 0.5) is 0 Å². The normalized spacial score (nSPS) is 11.6. The number of aryl methyl sites for hydroxylation is 1. The fraction of sp³-hybridized carbons (Fsp3) is 0.385. The van der Waals surface area contributed by atoms with Crippen LogP contribution in [0.15, 0.2) is 11.6 Å². The lowest BCUT2D eigenvalue weighted by atomic mass is 10.1. The summed E-state index contributed by atoms with van der Waals surface area (Å²) >= 11 is 0. The summed E-state index contributed by atoms with van der Waals surface area (Å²) in [6.45, 7) is 8.15. The van der Waals surface area contributed by atoms with Gasteiger partial charge in [0.2, 0.25) is 0 Å². The monoisotopic (exact) mass is 231 g/mol. The van der Waals surface area contributed by atoms with E-state index in [4.69, 9.17) is 11.0 Å². The molecule has 2 N–H and O–H groups in total. The summed E-state index contributed by atoms with van der Waals surface area (Å²) in [4.78, 5) is 11.0. The van der Waals surface area contributed by atoms with Gasteiger partial charge in [0.25, 0.3) is 5.91 Å². The first kappa shape index (κ1) is 13.0. The van der Waals surface area contributed by atoms with Crippen LogP contribution in [0.5, 0.6) is 0 Å². The van der Waals surface area contributed by atoms with E-state index in [1.807, 2.05) is 26.0 Å². The maximum absolute atomic E-state index is 11.0. The maximum atomic E-state index is 11.0. The number of nitriles is 1. The standard InChI is InChI=1S/C13H17N3O/c1-8(2)16-9(3)5-11(10(16)4)6-12(7-14)13(15)17/h5-6,8H,1-4H3,(H2,15,17)/b12-6+. The highest BCUT2D eigenvalue weighted by atomic mass is 16.1. The Labute approximate surface area is 101 Å². The van der Waals surface area contributed by atoms with Crippen molar-refractivity contribution in [1.82, 2.24) is 4.57 Å². The molecular weight excluding hydrogens is 214 g/mol. The zero-order valence-corrected chi connectivity index (χ0v) is 10.6. The zero-order chi connectivity index (χ0) is 13.2. The third-order valence-electron chi connectivity index (χ3n) is 2.73. The second kappa shape index (κ2) is 4.88. The van der Waals surface area contributed by atoms with Gasteiger partial charge in [0.15, 0.2) is 0 Å². The molecule has 1 aromatic heterocycles. The molecule has 0 unspecified atom stereocenters. The molecule has 1 amide bonds. The van der Waals surface area contributed by atoms with E-state index in [1.54, 1.807) is 6.08 Å². The number of rotatable bonds is 3. The van der Waals surface area contributed by atoms with Crippen molar-refractivity contribution in [3.8, 4) is 6.07 Å². The Hall–Kier alpha value is -2.02. The number of nitrogens with zero attached hydrogens (tertiary/aromatic N) is 2. The number of hydrogen-bond donors (Lipinski definition) is 1. The van der Waals surface area contributed by atoms with Crippen LogP contribution >= 0.6 is 0 Å². The molecule has 0 fully saturated rings. The average Bonchev–Trinajstić information content (AvgIpc) is 2.49. The first-order valence-corrected chi connectivity index (χ1v) is 5.48. The van der Waals surface area contributed by atoms with Crippen LogP contribution in [0.25, 0.3) is 6.08 Å². The van der Waals surface area contributed by atoms with Gasteiger partial charge in [-0.05, 0) is 45.4 Å². The van der Waals surface area contributed by atoms with E-state index in [1.165, 1.54) is 0 Å². The SMILES string of the molecule is Cc1cc(/C=C(\C#N)C(N)=O)c(C)n1C(C)C. The molecule has 0 aromatic carbocycles. The topological polar surface area (TPSA) is 71.8 Å². The molecule has 17 heavy (non-hydrogen) atoms. The van der Waals surface area contributed by atoms with E-state index in [9.17, 15) is 4.79 Å². The molecule has 4 nitrogen and oxygen atoms in total. The van der Waals surface area contributed by atoms with Gasteiger partial charge in [0.05, 0.1) is 0 Å². The number of primary amides is 1. The van der Waals surface area contributed by atoms with Crippen LogP contribution < -0.4 is 5.73 Å². The van der Waals surface area contributed by atoms with Gasteiger partial charge in [0.1, 0.15) is 11.6 Å². The summed E-state index contributed by atoms with van der Waals surface area (Å²) in [6, 6.07) is 4.11. The van der Waals surface area contributed by atoms with Gasteiger partial charge in [0, 0.05) is 17.4 Å². The minimum absolute atomic E-state index is 0.0194. The predicted molar refractivity (Wildman–Crippen MR) is 67.1 cm³/mol. The summed E-state index contributed by atoms with van der Waals surface area (Å²) in [5, 5.41) is 8.81. The van der Waals surface area contributed by atoms with Crippen LogP contribution in [0, 0.1) is 25.2 Å². The van der Waals surface area contributed by atoms with E-state index in [0.29, 0.717) is 6.04 Å². The minimum Gasteiger partial charge on any atom is -0.365 e. The highest BCUT2D eigenvalue weighted by Gasteiger charge is 2.12. The molecule has 1 rings (SSSR count). The predicted octanol–water partition coefficient (Wildman–Crippen LogP) is 2.08. The summed E-state index contributed by atoms with van der Waals surface area (Å²) in [7, 11) is 0. The van der Waals surface area contributed by atoms with Crippen LogP contribution in [-0.2, 0) is 4.79 Å². The Kier molecular flexibility index (Phi) is 3.74. The van der Waals surface area contributed by atoms with Gasteiger partial charge in [-0.1, -0.05) is 0 Å². The summed E-state index contributed by atoms with van der Waals surface area (Å²) in [6.07, 6.45) is 1.55. The zero-order valence-electron chi connectivity index (χ0n) is 10.6. The van der Waals surface area contributed by atoms with E-state index in [2.05, 4.69) is 18.4 Å². The first-order valence-electron chi connectivity index (χ1n) is 5.48. The Morgan fingerprint density at radius 3 is 2.47 bits per heavy atom. The Balaban J connectivity index is 3.32. The third-order valence-corrected chi connectivity index (χ3v) is 2.73. The molecule has 90 valence electrons. The highest BCUT2D eigenvalue weighted by molar-refractivity contribution is 6.00. The smallest absolute Gasteiger partial charge is 0.259 e. The fourth-order valence-electron chi connectivity index (χ4n) is 2.06. The summed E-state index contributed by atoms with van der Waals surface area (Å²) < 4.78 is 2.15. The van der Waals surface area contributed by atoms with Gasteiger partial charge in [-0.3, -0.25) is 4.79 Å². The number of amides is 1. The average molecular weight is 231 g/mol. The van der Waals surface area contributed by atoms with Crippen molar-refractivity contribution in [3.05, 3.63) is 28.6 Å². The van der Waals surface area contributed by atoms with E-state index in [0.717, 1.165) is 17.0 Å². The van der Waals surface area contributed by atoms with Crippen molar-refractivity contribution >= 4 is 12.0 Å². The molecule has 0 saturated carbocycles. The molecule has 0 atom stereocenters. The molecule has 1 heterocycles. The third kappa shape index (κ3) is 2.56. The lowest BCUT2D eigenvalue weighted by molar-refractivity contribution is -0.114. The van der Waals surface area contributed by atoms with Crippen LogP contribution in [0.1, 0.15) is 36.8 Å². The van der Waals surface area contributed by atoms with Gasteiger partial charge in [-0.25, -0.2) is 0 Å². The molecule has 0 bridgehead atoms. The van der Waals surface area contributed by atoms with Crippen molar-refractivity contribution in [2.75, 3.05) is 0 Å². The highest BCUT2D eigenvalue weighted by Crippen LogP contribution is 2.22. The Morgan fingerprint density at radius 2 is 2.12 bits per heavy atom. The van der Waals surface area contributed by atoms with E-state index < -0.39 is 5.91 Å². The van der Waals surface area contributed by atoms with Crippen molar-refractivity contribution in [1.29, 1.82) is 5.26 Å². The quantitative estimate of drug-likeness (QED) is 0.639. The molecular formula is C13H17N3O. The largest absolute Gasteiger partial charge is 0.365 e. The van der Waals surface area contributed by atoms with E-state index >= 15 is 0 Å². The van der Waals surface area contributed by atoms with Gasteiger partial charge < -0.3 is 10.3 Å². The molecule has 0 saturated heterocycles. The molecule has 0 aliphatic carbocycles. The fourth-order valence-corrected chi connectivity index (χ4v) is 2.06. The summed E-state index contributed by atoms with van der Waals surface area (Å²) in [5.41, 5.74) is 8.10. The molecule has 0 radical (unpaired) electrons. The Morgan fingerprint density at radius 1 is 1.53 bits per heavy atom. The van der Waals surface area contributed by atoms with E-state index in [-0.39, 0.29) is 5.57 Å². The molecule has 0 spiro atoms. The minimum atomic E-state index is -0.693. The number of carbonyl (C=O) groups excluding carboxylic acids is 1. The van der Waals surface area contributed by atoms with Gasteiger partial charge >= 0.3 is 0 Å². The van der Waals surface area contributed by atoms with Crippen molar-refractivity contribution in [2.45, 2.75) is 33.7 Å². The number of carbonyl (C=O) groups is 1. The second-order valence-electron chi connectivity index (χ2n) is 4.32. The van der Waals surface area contributed by atoms with Crippen molar-refractivity contribution in [3.63, 3.8) is 0 Å². The van der Waals surface area contributed by atoms with Crippen LogP contribution in [0.2, 0.25) is 0 Å².